The lowest BCUT2D eigenvalue weighted by molar-refractivity contribution is -0.870. The van der Waals surface area contributed by atoms with Gasteiger partial charge in [0.05, 0.1) is 39.9 Å². The third kappa shape index (κ3) is 54.6. The van der Waals surface area contributed by atoms with Gasteiger partial charge in [0.15, 0.2) is 0 Å². The lowest BCUT2D eigenvalue weighted by atomic mass is 10.0. The molecule has 0 spiro atoms. The van der Waals surface area contributed by atoms with Gasteiger partial charge in [0, 0.05) is 6.42 Å². The van der Waals surface area contributed by atoms with Crippen molar-refractivity contribution in [2.24, 2.45) is 0 Å². The summed E-state index contributed by atoms with van der Waals surface area (Å²) in [5, 5.41) is 14.0. The molecule has 0 saturated carbocycles. The number of aliphatic hydroxyl groups is 1. The summed E-state index contributed by atoms with van der Waals surface area (Å²) in [6, 6.07) is -0.804. The van der Waals surface area contributed by atoms with Gasteiger partial charge >= 0.3 is 0 Å². The molecule has 3 atom stereocenters. The second kappa shape index (κ2) is 51.9. The van der Waals surface area contributed by atoms with Gasteiger partial charge in [0.2, 0.25) is 5.91 Å². The van der Waals surface area contributed by atoms with Gasteiger partial charge in [-0.15, -0.1) is 0 Å². The van der Waals surface area contributed by atoms with Crippen molar-refractivity contribution in [1.82, 2.24) is 5.32 Å². The van der Waals surface area contributed by atoms with Crippen LogP contribution in [-0.4, -0.2) is 68.5 Å². The van der Waals surface area contributed by atoms with Crippen molar-refractivity contribution >= 4 is 13.7 Å². The summed E-state index contributed by atoms with van der Waals surface area (Å²) >= 11 is 0. The standard InChI is InChI=1S/C60H119N2O6P/c1-6-8-10-12-14-16-18-20-22-24-26-27-28-29-30-31-32-33-34-35-36-37-39-41-43-45-47-49-51-53-59(63)58(57-68-69(65,66)67-56-55-62(3,4)5)61-60(64)54-52-50-48-46-44-42-40-38-25-23-21-19-17-15-13-11-9-7-2/h17,19,23,25,58-59,63H,6-16,18,20-22,24,26-57H2,1-5H3,(H-,61,64,65,66)/b19-17-,25-23-. The molecule has 0 heterocycles. The number of phosphoric ester groups is 1. The smallest absolute Gasteiger partial charge is 0.268 e. The molecule has 0 aliphatic carbocycles. The number of carbonyl (C=O) groups is 1. The SMILES string of the molecule is CCCCCC/C=C\C/C=C\CCCCCCCCCC(=O)NC(COP(=O)([O-])OCC[N+](C)(C)C)C(O)CCCCCCCCCCCCCCCCCCCCCCCCCCCCCCC. The van der Waals surface area contributed by atoms with E-state index in [0.717, 1.165) is 51.4 Å². The number of hydrogen-bond donors (Lipinski definition) is 2. The lowest BCUT2D eigenvalue weighted by Gasteiger charge is -2.30. The summed E-state index contributed by atoms with van der Waals surface area (Å²) in [5.41, 5.74) is 0. The van der Waals surface area contributed by atoms with Crippen molar-refractivity contribution in [3.63, 3.8) is 0 Å². The van der Waals surface area contributed by atoms with Crippen LogP contribution in [0.5, 0.6) is 0 Å². The highest BCUT2D eigenvalue weighted by Crippen LogP contribution is 2.38. The molecule has 0 rings (SSSR count). The summed E-state index contributed by atoms with van der Waals surface area (Å²) < 4.78 is 23.4. The normalized spacial score (nSPS) is 14.0. The van der Waals surface area contributed by atoms with E-state index in [2.05, 4.69) is 43.5 Å². The molecule has 9 heteroatoms. The Morgan fingerprint density at radius 1 is 0.507 bits per heavy atom. The molecule has 0 aromatic rings. The first-order valence-electron chi connectivity index (χ1n) is 30.2. The van der Waals surface area contributed by atoms with Crippen LogP contribution in [0.1, 0.15) is 303 Å². The molecular weight excluding hydrogens is 876 g/mol. The van der Waals surface area contributed by atoms with Crippen LogP contribution in [0.2, 0.25) is 0 Å². The zero-order valence-corrected chi connectivity index (χ0v) is 47.7. The number of quaternary nitrogens is 1. The first kappa shape index (κ1) is 68.0. The van der Waals surface area contributed by atoms with Gasteiger partial charge in [-0.25, -0.2) is 0 Å². The Balaban J connectivity index is 4.08. The summed E-state index contributed by atoms with van der Waals surface area (Å²) in [4.78, 5) is 25.5. The van der Waals surface area contributed by atoms with Crippen molar-refractivity contribution < 1.29 is 32.9 Å². The second-order valence-electron chi connectivity index (χ2n) is 22.1. The van der Waals surface area contributed by atoms with Crippen LogP contribution in [-0.2, 0) is 18.4 Å². The maximum Gasteiger partial charge on any atom is 0.268 e. The largest absolute Gasteiger partial charge is 0.756 e. The third-order valence-electron chi connectivity index (χ3n) is 13.9. The number of aliphatic hydroxyl groups excluding tert-OH is 1. The molecule has 0 aromatic heterocycles. The molecule has 0 aliphatic rings. The lowest BCUT2D eigenvalue weighted by Crippen LogP contribution is -2.46. The molecule has 1 amide bonds. The molecular formula is C60H119N2O6P. The van der Waals surface area contributed by atoms with Crippen LogP contribution >= 0.6 is 7.82 Å². The number of nitrogens with one attached hydrogen (secondary N) is 1. The Morgan fingerprint density at radius 2 is 0.841 bits per heavy atom. The highest BCUT2D eigenvalue weighted by atomic mass is 31.2. The minimum absolute atomic E-state index is 0.0116. The maximum absolute atomic E-state index is 13.0. The average molecular weight is 996 g/mol. The van der Waals surface area contributed by atoms with Gasteiger partial charge < -0.3 is 28.8 Å². The van der Waals surface area contributed by atoms with Crippen molar-refractivity contribution in [3.8, 4) is 0 Å². The Bertz CT molecular complexity index is 1170. The average Bonchev–Trinajstić information content (AvgIpc) is 3.31. The number of phosphoric acid groups is 1. The molecule has 0 saturated heterocycles. The first-order chi connectivity index (χ1) is 33.5. The topological polar surface area (TPSA) is 108 Å². The minimum atomic E-state index is -4.58. The fraction of sp³-hybridized carbons (Fsp3) is 0.917. The Labute approximate surface area is 430 Å². The number of allylic oxidation sites excluding steroid dienone is 4. The minimum Gasteiger partial charge on any atom is -0.756 e. The van der Waals surface area contributed by atoms with Gasteiger partial charge in [-0.2, -0.15) is 0 Å². The van der Waals surface area contributed by atoms with E-state index in [1.807, 2.05) is 21.1 Å². The highest BCUT2D eigenvalue weighted by molar-refractivity contribution is 7.45. The van der Waals surface area contributed by atoms with Gasteiger partial charge in [-0.1, -0.05) is 276 Å². The molecule has 0 aliphatic heterocycles. The van der Waals surface area contributed by atoms with E-state index in [0.29, 0.717) is 23.9 Å². The summed E-state index contributed by atoms with van der Waals surface area (Å²) in [7, 11) is 1.31. The van der Waals surface area contributed by atoms with Crippen LogP contribution in [0.3, 0.4) is 0 Å². The highest BCUT2D eigenvalue weighted by Gasteiger charge is 2.24. The Kier molecular flexibility index (Phi) is 51.1. The van der Waals surface area contributed by atoms with Crippen LogP contribution in [0.25, 0.3) is 0 Å². The van der Waals surface area contributed by atoms with Gasteiger partial charge in [0.25, 0.3) is 7.82 Å². The van der Waals surface area contributed by atoms with Crippen LogP contribution in [0, 0.1) is 0 Å². The van der Waals surface area contributed by atoms with Crippen LogP contribution in [0.4, 0.5) is 0 Å². The third-order valence-corrected chi connectivity index (χ3v) is 14.9. The van der Waals surface area contributed by atoms with Crippen molar-refractivity contribution in [1.29, 1.82) is 0 Å². The molecule has 8 nitrogen and oxygen atoms in total. The molecule has 0 bridgehead atoms. The molecule has 0 radical (unpaired) electrons. The number of nitrogens with zero attached hydrogens (tertiary/aromatic N) is 1. The fourth-order valence-electron chi connectivity index (χ4n) is 9.19. The van der Waals surface area contributed by atoms with Crippen molar-refractivity contribution in [3.05, 3.63) is 24.3 Å². The fourth-order valence-corrected chi connectivity index (χ4v) is 9.91. The van der Waals surface area contributed by atoms with E-state index in [-0.39, 0.29) is 19.1 Å². The Morgan fingerprint density at radius 3 is 1.22 bits per heavy atom. The second-order valence-corrected chi connectivity index (χ2v) is 23.5. The first-order valence-corrected chi connectivity index (χ1v) is 31.6. The maximum atomic E-state index is 13.0. The zero-order valence-electron chi connectivity index (χ0n) is 46.8. The zero-order chi connectivity index (χ0) is 50.6. The Hall–Kier alpha value is -1.02. The van der Waals surface area contributed by atoms with E-state index in [4.69, 9.17) is 9.05 Å². The van der Waals surface area contributed by atoms with Crippen molar-refractivity contribution in [2.75, 3.05) is 40.9 Å². The molecule has 69 heavy (non-hydrogen) atoms. The van der Waals surface area contributed by atoms with E-state index in [1.54, 1.807) is 0 Å². The van der Waals surface area contributed by atoms with Gasteiger partial charge in [-0.3, -0.25) is 9.36 Å². The number of carbonyl (C=O) groups excluding carboxylic acids is 1. The molecule has 0 aromatic carbocycles. The summed E-state index contributed by atoms with van der Waals surface area (Å²) in [5.74, 6) is -0.168. The molecule has 410 valence electrons. The molecule has 3 unspecified atom stereocenters. The monoisotopic (exact) mass is 995 g/mol. The van der Waals surface area contributed by atoms with E-state index in [9.17, 15) is 19.4 Å². The van der Waals surface area contributed by atoms with Gasteiger partial charge in [-0.05, 0) is 44.9 Å². The predicted octanol–water partition coefficient (Wildman–Crippen LogP) is 17.7. The number of unbranched alkanes of at least 4 members (excludes halogenated alkanes) is 39. The molecule has 2 N–H and O–H groups in total. The van der Waals surface area contributed by atoms with E-state index < -0.39 is 20.0 Å². The number of amides is 1. The van der Waals surface area contributed by atoms with Crippen molar-refractivity contribution in [2.45, 2.75) is 315 Å². The van der Waals surface area contributed by atoms with E-state index >= 15 is 0 Å². The van der Waals surface area contributed by atoms with Crippen LogP contribution < -0.4 is 10.2 Å². The van der Waals surface area contributed by atoms with Gasteiger partial charge in [0.1, 0.15) is 13.2 Å². The number of rotatable bonds is 56. The summed E-state index contributed by atoms with van der Waals surface area (Å²) in [6.07, 6.45) is 65.1. The van der Waals surface area contributed by atoms with Crippen LogP contribution in [0.15, 0.2) is 24.3 Å². The summed E-state index contributed by atoms with van der Waals surface area (Å²) in [6.45, 7) is 4.74. The molecule has 0 fully saturated rings. The quantitative estimate of drug-likeness (QED) is 0.0272. The number of likely N-dealkylation sites (N-methyl/N-ethyl adjacent to an activating group) is 1. The van der Waals surface area contributed by atoms with E-state index in [1.165, 1.54) is 225 Å². The number of hydrogen-bond acceptors (Lipinski definition) is 6. The predicted molar refractivity (Wildman–Crippen MR) is 298 cm³/mol.